The Kier molecular flexibility index (Phi) is 2.98. The molecular formula is C13H13ClN2O2S. The van der Waals surface area contributed by atoms with Crippen LogP contribution in [0.3, 0.4) is 0 Å². The maximum Gasteiger partial charge on any atom is 0.259 e. The normalized spacial score (nSPS) is 22.4. The number of nitrogens with one attached hydrogen (secondary N) is 1. The van der Waals surface area contributed by atoms with E-state index >= 15 is 0 Å². The topological polar surface area (TPSA) is 62.8 Å². The molecule has 0 bridgehead atoms. The van der Waals surface area contributed by atoms with E-state index in [2.05, 4.69) is 9.97 Å². The van der Waals surface area contributed by atoms with E-state index in [9.17, 15) is 9.59 Å². The fourth-order valence-corrected chi connectivity index (χ4v) is 4.45. The average molecular weight is 297 g/mol. The number of nitrogens with zero attached hydrogens (tertiary/aromatic N) is 1. The van der Waals surface area contributed by atoms with E-state index in [0.29, 0.717) is 18.2 Å². The number of aromatic amines is 1. The van der Waals surface area contributed by atoms with Gasteiger partial charge in [-0.05, 0) is 42.8 Å². The third-order valence-corrected chi connectivity index (χ3v) is 5.66. The molecule has 3 rings (SSSR count). The number of thiophene rings is 1. The van der Waals surface area contributed by atoms with Gasteiger partial charge < -0.3 is 4.98 Å². The summed E-state index contributed by atoms with van der Waals surface area (Å²) in [5.41, 5.74) is 0.488. The molecule has 0 spiro atoms. The van der Waals surface area contributed by atoms with Crippen molar-refractivity contribution in [3.8, 4) is 0 Å². The van der Waals surface area contributed by atoms with Gasteiger partial charge >= 0.3 is 0 Å². The summed E-state index contributed by atoms with van der Waals surface area (Å²) in [5.74, 6) is 0. The van der Waals surface area contributed by atoms with Crippen molar-refractivity contribution in [3.05, 3.63) is 27.1 Å². The minimum atomic E-state index is -0.470. The van der Waals surface area contributed by atoms with Crippen LogP contribution in [0, 0.1) is 5.41 Å². The minimum Gasteiger partial charge on any atom is -0.313 e. The molecule has 2 aromatic heterocycles. The number of aromatic nitrogens is 2. The Morgan fingerprint density at radius 1 is 1.63 bits per heavy atom. The van der Waals surface area contributed by atoms with Crippen molar-refractivity contribution in [3.63, 3.8) is 0 Å². The van der Waals surface area contributed by atoms with Crippen LogP contribution < -0.4 is 5.56 Å². The highest BCUT2D eigenvalue weighted by Gasteiger charge is 2.40. The molecule has 0 radical (unpaired) electrons. The number of carbonyl (C=O) groups excluding carboxylic acids is 1. The van der Waals surface area contributed by atoms with Crippen molar-refractivity contribution in [1.29, 1.82) is 0 Å². The van der Waals surface area contributed by atoms with Gasteiger partial charge in [-0.3, -0.25) is 9.59 Å². The molecule has 0 aliphatic heterocycles. The first-order chi connectivity index (χ1) is 9.07. The van der Waals surface area contributed by atoms with E-state index < -0.39 is 5.41 Å². The summed E-state index contributed by atoms with van der Waals surface area (Å²) in [7, 11) is 0. The Bertz CT molecular complexity index is 721. The number of hydrogen-bond donors (Lipinski definition) is 1. The number of fused-ring (bicyclic) bond motifs is 3. The molecule has 6 heteroatoms. The molecule has 100 valence electrons. The standard InChI is InChI=1S/C13H13ClN2O2S/c1-2-13(12(14)18)4-3-7-8(5-13)19-11-9(7)10(17)15-6-16-11/h6H,2-5H2,1H3,(H,15,16,17). The lowest BCUT2D eigenvalue weighted by Gasteiger charge is -2.32. The Hall–Kier alpha value is -1.20. The molecule has 1 aliphatic carbocycles. The summed E-state index contributed by atoms with van der Waals surface area (Å²) in [5, 5.41) is 0.425. The van der Waals surface area contributed by atoms with Gasteiger partial charge in [0.1, 0.15) is 4.83 Å². The summed E-state index contributed by atoms with van der Waals surface area (Å²) in [6.07, 6.45) is 4.20. The highest BCUT2D eigenvalue weighted by molar-refractivity contribution is 7.18. The van der Waals surface area contributed by atoms with E-state index in [0.717, 1.165) is 28.1 Å². The number of halogens is 1. The molecule has 1 unspecified atom stereocenters. The van der Waals surface area contributed by atoms with Crippen LogP contribution in [-0.2, 0) is 17.6 Å². The number of H-pyrrole nitrogens is 1. The molecule has 0 saturated heterocycles. The van der Waals surface area contributed by atoms with Gasteiger partial charge in [0.05, 0.1) is 11.7 Å². The van der Waals surface area contributed by atoms with Gasteiger partial charge in [-0.25, -0.2) is 4.98 Å². The van der Waals surface area contributed by atoms with Gasteiger partial charge in [0.25, 0.3) is 5.56 Å². The monoisotopic (exact) mass is 296 g/mol. The van der Waals surface area contributed by atoms with Crippen LogP contribution in [0.5, 0.6) is 0 Å². The third-order valence-electron chi connectivity index (χ3n) is 4.12. The zero-order chi connectivity index (χ0) is 13.6. The van der Waals surface area contributed by atoms with Gasteiger partial charge in [0.15, 0.2) is 0 Å². The molecule has 0 aromatic carbocycles. The lowest BCUT2D eigenvalue weighted by Crippen LogP contribution is -2.33. The second kappa shape index (κ2) is 4.42. The second-order valence-electron chi connectivity index (χ2n) is 5.00. The summed E-state index contributed by atoms with van der Waals surface area (Å²) >= 11 is 7.30. The molecule has 0 saturated carbocycles. The molecule has 1 N–H and O–H groups in total. The molecule has 19 heavy (non-hydrogen) atoms. The SMILES string of the molecule is CCC1(C(=O)Cl)CCc2c(sc3nc[nH]c(=O)c23)C1. The highest BCUT2D eigenvalue weighted by atomic mass is 35.5. The molecule has 2 aromatic rings. The van der Waals surface area contributed by atoms with Gasteiger partial charge in [-0.1, -0.05) is 6.92 Å². The lowest BCUT2D eigenvalue weighted by atomic mass is 9.73. The summed E-state index contributed by atoms with van der Waals surface area (Å²) in [6.45, 7) is 1.99. The number of hydrogen-bond acceptors (Lipinski definition) is 4. The second-order valence-corrected chi connectivity index (χ2v) is 6.43. The molecule has 1 atom stereocenters. The van der Waals surface area contributed by atoms with Crippen LogP contribution in [0.1, 0.15) is 30.2 Å². The van der Waals surface area contributed by atoms with Crippen LogP contribution >= 0.6 is 22.9 Å². The molecule has 0 fully saturated rings. The van der Waals surface area contributed by atoms with E-state index in [-0.39, 0.29) is 10.8 Å². The van der Waals surface area contributed by atoms with Gasteiger partial charge in [0.2, 0.25) is 5.24 Å². The lowest BCUT2D eigenvalue weighted by molar-refractivity contribution is -0.121. The van der Waals surface area contributed by atoms with Crippen molar-refractivity contribution >= 4 is 38.4 Å². The molecular weight excluding hydrogens is 284 g/mol. The summed E-state index contributed by atoms with van der Waals surface area (Å²) in [4.78, 5) is 32.3. The van der Waals surface area contributed by atoms with Crippen LogP contribution in [0.2, 0.25) is 0 Å². The molecule has 1 aliphatic rings. The van der Waals surface area contributed by atoms with Crippen LogP contribution in [0.15, 0.2) is 11.1 Å². The van der Waals surface area contributed by atoms with E-state index in [1.54, 1.807) is 0 Å². The largest absolute Gasteiger partial charge is 0.313 e. The quantitative estimate of drug-likeness (QED) is 0.867. The van der Waals surface area contributed by atoms with E-state index in [4.69, 9.17) is 11.6 Å². The van der Waals surface area contributed by atoms with Crippen LogP contribution in [0.25, 0.3) is 10.2 Å². The number of rotatable bonds is 2. The predicted molar refractivity (Wildman–Crippen MR) is 75.8 cm³/mol. The van der Waals surface area contributed by atoms with Gasteiger partial charge in [-0.2, -0.15) is 0 Å². The van der Waals surface area contributed by atoms with Crippen molar-refractivity contribution in [2.45, 2.75) is 32.6 Å². The number of aryl methyl sites for hydroxylation is 1. The zero-order valence-corrected chi connectivity index (χ0v) is 12.0. The van der Waals surface area contributed by atoms with Crippen molar-refractivity contribution in [2.24, 2.45) is 5.41 Å². The molecule has 2 heterocycles. The smallest absolute Gasteiger partial charge is 0.259 e. The first-order valence-electron chi connectivity index (χ1n) is 6.25. The van der Waals surface area contributed by atoms with Crippen molar-refractivity contribution in [2.75, 3.05) is 0 Å². The van der Waals surface area contributed by atoms with Crippen molar-refractivity contribution in [1.82, 2.24) is 9.97 Å². The van der Waals surface area contributed by atoms with Crippen molar-refractivity contribution < 1.29 is 4.79 Å². The average Bonchev–Trinajstić information content (AvgIpc) is 2.76. The predicted octanol–water partition coefficient (Wildman–Crippen LogP) is 2.64. The molecule has 4 nitrogen and oxygen atoms in total. The van der Waals surface area contributed by atoms with Crippen LogP contribution in [0.4, 0.5) is 0 Å². The first kappa shape index (κ1) is 12.8. The maximum atomic E-state index is 11.9. The van der Waals surface area contributed by atoms with Gasteiger partial charge in [-0.15, -0.1) is 11.3 Å². The number of carbonyl (C=O) groups is 1. The van der Waals surface area contributed by atoms with E-state index in [1.165, 1.54) is 17.7 Å². The Labute approximate surface area is 118 Å². The Balaban J connectivity index is 2.17. The fraction of sp³-hybridized carbons (Fsp3) is 0.462. The summed E-state index contributed by atoms with van der Waals surface area (Å²) < 4.78 is 0. The van der Waals surface area contributed by atoms with Gasteiger partial charge in [0, 0.05) is 10.3 Å². The first-order valence-corrected chi connectivity index (χ1v) is 7.45. The highest BCUT2D eigenvalue weighted by Crippen LogP contribution is 2.44. The Morgan fingerprint density at radius 3 is 3.11 bits per heavy atom. The summed E-state index contributed by atoms with van der Waals surface area (Å²) in [6, 6.07) is 0. The maximum absolute atomic E-state index is 11.9. The van der Waals surface area contributed by atoms with Crippen LogP contribution in [-0.4, -0.2) is 15.2 Å². The fourth-order valence-electron chi connectivity index (χ4n) is 2.82. The Morgan fingerprint density at radius 2 is 2.42 bits per heavy atom. The molecule has 0 amide bonds. The third kappa shape index (κ3) is 1.83. The van der Waals surface area contributed by atoms with E-state index in [1.807, 2.05) is 6.92 Å². The minimum absolute atomic E-state index is 0.0938. The zero-order valence-electron chi connectivity index (χ0n) is 10.5.